The summed E-state index contributed by atoms with van der Waals surface area (Å²) in [5.41, 5.74) is 4.11. The third-order valence-electron chi connectivity index (χ3n) is 4.68. The lowest BCUT2D eigenvalue weighted by molar-refractivity contribution is -0.122. The maximum atomic E-state index is 13.0. The van der Waals surface area contributed by atoms with Crippen LogP contribution in [-0.2, 0) is 4.79 Å². The van der Waals surface area contributed by atoms with Gasteiger partial charge in [-0.05, 0) is 67.1 Å². The molecule has 0 atom stereocenters. The number of hydrogen-bond donors (Lipinski definition) is 0. The first kappa shape index (κ1) is 19.3. The Bertz CT molecular complexity index is 1070. The second-order valence-electron chi connectivity index (χ2n) is 6.92. The first-order valence-electron chi connectivity index (χ1n) is 9.75. The molecule has 146 valence electrons. The molecule has 1 fully saturated rings. The Balaban J connectivity index is 1.66. The summed E-state index contributed by atoms with van der Waals surface area (Å²) in [6.45, 7) is 4.81. The summed E-state index contributed by atoms with van der Waals surface area (Å²) >= 11 is 1.45. The van der Waals surface area contributed by atoms with Crippen LogP contribution in [0.25, 0.3) is 11.8 Å². The number of aliphatic imine (C=N–C) groups is 1. The zero-order valence-electron chi connectivity index (χ0n) is 16.6. The summed E-state index contributed by atoms with van der Waals surface area (Å²) in [5, 5.41) is 0.744. The lowest BCUT2D eigenvalue weighted by atomic mass is 10.2. The van der Waals surface area contributed by atoms with Crippen LogP contribution in [0.2, 0.25) is 0 Å². The molecule has 1 aliphatic heterocycles. The molecular formula is C24H23N3OS. The number of aryl methyl sites for hydroxylation is 1. The highest BCUT2D eigenvalue weighted by atomic mass is 32.2. The Morgan fingerprint density at radius 3 is 2.41 bits per heavy atom. The Morgan fingerprint density at radius 1 is 1.03 bits per heavy atom. The fourth-order valence-corrected chi connectivity index (χ4v) is 4.35. The number of carbonyl (C=O) groups excluding carboxylic acids is 1. The minimum atomic E-state index is 0.0247. The number of amides is 1. The number of rotatable bonds is 5. The van der Waals surface area contributed by atoms with Crippen LogP contribution in [0.15, 0.2) is 82.8 Å². The van der Waals surface area contributed by atoms with Crippen molar-refractivity contribution in [3.05, 3.63) is 89.1 Å². The third-order valence-corrected chi connectivity index (χ3v) is 5.69. The molecule has 0 N–H and O–H groups in total. The van der Waals surface area contributed by atoms with Gasteiger partial charge in [0, 0.05) is 24.1 Å². The standard InChI is InChI=1S/C24H23N3OS/c1-3-14-26-23(28)22(29-24(26)25-20-10-6-4-7-11-20)16-19-15-18(2)27(17-19)21-12-8-5-9-13-21/h4-13,15-17H,3,14H2,1-2H3/b22-16+,25-24?. The van der Waals surface area contributed by atoms with Gasteiger partial charge in [0.05, 0.1) is 10.6 Å². The van der Waals surface area contributed by atoms with Gasteiger partial charge in [-0.2, -0.15) is 0 Å². The number of hydrogen-bond acceptors (Lipinski definition) is 3. The van der Waals surface area contributed by atoms with Crippen molar-refractivity contribution in [3.8, 4) is 5.69 Å². The molecule has 3 aromatic rings. The van der Waals surface area contributed by atoms with Crippen LogP contribution < -0.4 is 0 Å². The average Bonchev–Trinajstić information content (AvgIpc) is 3.24. The van der Waals surface area contributed by atoms with Gasteiger partial charge >= 0.3 is 0 Å². The van der Waals surface area contributed by atoms with Crippen molar-refractivity contribution in [1.29, 1.82) is 0 Å². The van der Waals surface area contributed by atoms with Gasteiger partial charge in [-0.1, -0.05) is 43.3 Å². The van der Waals surface area contributed by atoms with Crippen LogP contribution in [0.5, 0.6) is 0 Å². The molecule has 1 aliphatic rings. The molecule has 0 unspecified atom stereocenters. The second-order valence-corrected chi connectivity index (χ2v) is 7.93. The largest absolute Gasteiger partial charge is 0.321 e. The van der Waals surface area contributed by atoms with Crippen molar-refractivity contribution in [3.63, 3.8) is 0 Å². The van der Waals surface area contributed by atoms with Gasteiger partial charge in [-0.25, -0.2) is 4.99 Å². The Morgan fingerprint density at radius 2 is 1.72 bits per heavy atom. The summed E-state index contributed by atoms with van der Waals surface area (Å²) in [6.07, 6.45) is 4.93. The lowest BCUT2D eigenvalue weighted by Crippen LogP contribution is -2.29. The number of para-hydroxylation sites is 2. The molecule has 0 radical (unpaired) electrons. The van der Waals surface area contributed by atoms with Crippen molar-refractivity contribution in [2.75, 3.05) is 6.54 Å². The van der Waals surface area contributed by atoms with Crippen LogP contribution in [0.4, 0.5) is 5.69 Å². The zero-order chi connectivity index (χ0) is 20.2. The number of amidine groups is 1. The molecule has 0 bridgehead atoms. The van der Waals surface area contributed by atoms with Gasteiger partial charge < -0.3 is 4.57 Å². The quantitative estimate of drug-likeness (QED) is 0.507. The SMILES string of the molecule is CCCN1C(=O)/C(=C\c2cc(C)n(-c3ccccc3)c2)SC1=Nc1ccccc1. The van der Waals surface area contributed by atoms with Gasteiger partial charge in [-0.3, -0.25) is 9.69 Å². The average molecular weight is 402 g/mol. The van der Waals surface area contributed by atoms with Crippen molar-refractivity contribution in [1.82, 2.24) is 9.47 Å². The molecule has 1 amide bonds. The molecule has 2 aromatic carbocycles. The molecule has 5 heteroatoms. The fourth-order valence-electron chi connectivity index (χ4n) is 3.32. The lowest BCUT2D eigenvalue weighted by Gasteiger charge is -2.13. The highest BCUT2D eigenvalue weighted by Crippen LogP contribution is 2.34. The zero-order valence-corrected chi connectivity index (χ0v) is 17.4. The fraction of sp³-hybridized carbons (Fsp3) is 0.167. The van der Waals surface area contributed by atoms with E-state index in [0.717, 1.165) is 34.2 Å². The van der Waals surface area contributed by atoms with Gasteiger partial charge in [-0.15, -0.1) is 0 Å². The molecule has 0 saturated carbocycles. The van der Waals surface area contributed by atoms with Crippen molar-refractivity contribution in [2.24, 2.45) is 4.99 Å². The third kappa shape index (κ3) is 4.20. The predicted octanol–water partition coefficient (Wildman–Crippen LogP) is 5.80. The van der Waals surface area contributed by atoms with Crippen molar-refractivity contribution in [2.45, 2.75) is 20.3 Å². The minimum absolute atomic E-state index is 0.0247. The number of aromatic nitrogens is 1. The van der Waals surface area contributed by atoms with Crippen LogP contribution in [-0.4, -0.2) is 27.1 Å². The minimum Gasteiger partial charge on any atom is -0.321 e. The number of benzene rings is 2. The Hall–Kier alpha value is -3.05. The van der Waals surface area contributed by atoms with E-state index in [0.29, 0.717) is 11.4 Å². The van der Waals surface area contributed by atoms with E-state index < -0.39 is 0 Å². The van der Waals surface area contributed by atoms with Crippen LogP contribution in [0, 0.1) is 6.92 Å². The maximum absolute atomic E-state index is 13.0. The van der Waals surface area contributed by atoms with Crippen molar-refractivity contribution >= 4 is 34.6 Å². The smallest absolute Gasteiger partial charge is 0.266 e. The maximum Gasteiger partial charge on any atom is 0.266 e. The van der Waals surface area contributed by atoms with E-state index in [-0.39, 0.29) is 5.91 Å². The van der Waals surface area contributed by atoms with Gasteiger partial charge in [0.2, 0.25) is 0 Å². The summed E-state index contributed by atoms with van der Waals surface area (Å²) < 4.78 is 2.14. The first-order chi connectivity index (χ1) is 14.2. The summed E-state index contributed by atoms with van der Waals surface area (Å²) in [4.78, 5) is 20.2. The molecule has 2 heterocycles. The first-order valence-corrected chi connectivity index (χ1v) is 10.6. The molecule has 29 heavy (non-hydrogen) atoms. The monoisotopic (exact) mass is 401 g/mol. The molecule has 0 aliphatic carbocycles. The van der Waals surface area contributed by atoms with Crippen molar-refractivity contribution < 1.29 is 4.79 Å². The summed E-state index contributed by atoms with van der Waals surface area (Å²) in [6, 6.07) is 22.1. The molecule has 4 rings (SSSR count). The highest BCUT2D eigenvalue weighted by Gasteiger charge is 2.32. The van der Waals surface area contributed by atoms with Crippen LogP contribution in [0.3, 0.4) is 0 Å². The number of thioether (sulfide) groups is 1. The number of nitrogens with zero attached hydrogens (tertiary/aromatic N) is 3. The van der Waals surface area contributed by atoms with E-state index in [1.165, 1.54) is 11.8 Å². The Kier molecular flexibility index (Phi) is 5.67. The molecule has 4 nitrogen and oxygen atoms in total. The van der Waals surface area contributed by atoms with E-state index in [2.05, 4.69) is 42.8 Å². The van der Waals surface area contributed by atoms with E-state index in [9.17, 15) is 4.79 Å². The summed E-state index contributed by atoms with van der Waals surface area (Å²) in [5.74, 6) is 0.0247. The number of carbonyl (C=O) groups is 1. The molecule has 1 saturated heterocycles. The van der Waals surface area contributed by atoms with E-state index in [1.807, 2.05) is 54.6 Å². The highest BCUT2D eigenvalue weighted by molar-refractivity contribution is 8.18. The summed E-state index contributed by atoms with van der Waals surface area (Å²) in [7, 11) is 0. The van der Waals surface area contributed by atoms with E-state index in [1.54, 1.807) is 4.90 Å². The second kappa shape index (κ2) is 8.53. The van der Waals surface area contributed by atoms with Crippen LogP contribution >= 0.6 is 11.8 Å². The van der Waals surface area contributed by atoms with E-state index >= 15 is 0 Å². The van der Waals surface area contributed by atoms with Gasteiger partial charge in [0.1, 0.15) is 0 Å². The van der Waals surface area contributed by atoms with Crippen LogP contribution in [0.1, 0.15) is 24.6 Å². The molecule has 1 aromatic heterocycles. The predicted molar refractivity (Wildman–Crippen MR) is 122 cm³/mol. The molecule has 0 spiro atoms. The van der Waals surface area contributed by atoms with Gasteiger partial charge in [0.15, 0.2) is 5.17 Å². The normalized spacial score (nSPS) is 16.9. The Labute approximate surface area is 175 Å². The van der Waals surface area contributed by atoms with Gasteiger partial charge in [0.25, 0.3) is 5.91 Å². The molecular weight excluding hydrogens is 378 g/mol. The van der Waals surface area contributed by atoms with E-state index in [4.69, 9.17) is 4.99 Å². The topological polar surface area (TPSA) is 37.6 Å².